The summed E-state index contributed by atoms with van der Waals surface area (Å²) >= 11 is 6.23. The molecule has 0 atom stereocenters. The van der Waals surface area contributed by atoms with Crippen molar-refractivity contribution >= 4 is 23.2 Å². The average Bonchev–Trinajstić information content (AvgIpc) is 2.90. The number of carbonyl (C=O) groups excluding carboxylic acids is 1. The van der Waals surface area contributed by atoms with E-state index in [9.17, 15) is 4.79 Å². The van der Waals surface area contributed by atoms with E-state index < -0.39 is 0 Å². The lowest BCUT2D eigenvalue weighted by atomic mass is 10.1. The molecule has 0 aliphatic rings. The van der Waals surface area contributed by atoms with Gasteiger partial charge in [0, 0.05) is 11.1 Å². The smallest absolute Gasteiger partial charge is 0.255 e. The van der Waals surface area contributed by atoms with Crippen LogP contribution in [-0.2, 0) is 0 Å². The molecule has 5 heteroatoms. The molecule has 0 unspecified atom stereocenters. The maximum atomic E-state index is 12.3. The second-order valence-electron chi connectivity index (χ2n) is 4.87. The normalized spacial score (nSPS) is 10.5. The molecule has 1 heterocycles. The molecule has 0 bridgehead atoms. The zero-order valence-corrected chi connectivity index (χ0v) is 12.7. The van der Waals surface area contributed by atoms with E-state index in [0.717, 1.165) is 11.3 Å². The summed E-state index contributed by atoms with van der Waals surface area (Å²) in [6.07, 6.45) is 0. The van der Waals surface area contributed by atoms with Crippen LogP contribution in [0.3, 0.4) is 0 Å². The van der Waals surface area contributed by atoms with Crippen molar-refractivity contribution < 1.29 is 4.79 Å². The van der Waals surface area contributed by atoms with Crippen molar-refractivity contribution in [2.24, 2.45) is 0 Å². The molecule has 110 valence electrons. The molecule has 0 aliphatic heterocycles. The van der Waals surface area contributed by atoms with E-state index in [1.807, 2.05) is 43.3 Å². The number of aryl methyl sites for hydroxylation is 1. The van der Waals surface area contributed by atoms with Gasteiger partial charge < -0.3 is 5.32 Å². The topological polar surface area (TPSA) is 57.8 Å². The molecule has 1 amide bonds. The number of carbonyl (C=O) groups is 1. The molecule has 0 saturated carbocycles. The Morgan fingerprint density at radius 2 is 1.77 bits per heavy atom. The van der Waals surface area contributed by atoms with Crippen LogP contribution in [0.1, 0.15) is 16.1 Å². The fourth-order valence-corrected chi connectivity index (χ4v) is 2.43. The van der Waals surface area contributed by atoms with Crippen molar-refractivity contribution in [3.63, 3.8) is 0 Å². The zero-order chi connectivity index (χ0) is 15.5. The van der Waals surface area contributed by atoms with Gasteiger partial charge in [-0.1, -0.05) is 48.0 Å². The van der Waals surface area contributed by atoms with Gasteiger partial charge >= 0.3 is 0 Å². The summed E-state index contributed by atoms with van der Waals surface area (Å²) in [4.78, 5) is 12.3. The van der Waals surface area contributed by atoms with Crippen molar-refractivity contribution in [2.45, 2.75) is 6.92 Å². The first-order chi connectivity index (χ1) is 10.7. The van der Waals surface area contributed by atoms with E-state index in [1.165, 1.54) is 0 Å². The molecular weight excluding hydrogens is 298 g/mol. The zero-order valence-electron chi connectivity index (χ0n) is 11.9. The number of rotatable bonds is 3. The lowest BCUT2D eigenvalue weighted by molar-refractivity contribution is 0.102. The number of halogens is 1. The van der Waals surface area contributed by atoms with Gasteiger partial charge in [-0.05, 0) is 25.1 Å². The molecule has 0 spiro atoms. The maximum absolute atomic E-state index is 12.3. The Bertz CT molecular complexity index is 812. The SMILES string of the molecule is Cc1[nH]nc(-c2ccccc2Cl)c1NC(=O)c1ccccc1. The van der Waals surface area contributed by atoms with Crippen LogP contribution in [0.25, 0.3) is 11.3 Å². The molecule has 0 radical (unpaired) electrons. The van der Waals surface area contributed by atoms with Crippen molar-refractivity contribution in [3.8, 4) is 11.3 Å². The van der Waals surface area contributed by atoms with E-state index in [-0.39, 0.29) is 5.91 Å². The summed E-state index contributed by atoms with van der Waals surface area (Å²) in [5, 5.41) is 10.7. The highest BCUT2D eigenvalue weighted by molar-refractivity contribution is 6.33. The first kappa shape index (κ1) is 14.4. The number of hydrogen-bond donors (Lipinski definition) is 2. The summed E-state index contributed by atoms with van der Waals surface area (Å²) in [6.45, 7) is 1.86. The number of amides is 1. The van der Waals surface area contributed by atoms with Gasteiger partial charge in [-0.15, -0.1) is 0 Å². The van der Waals surface area contributed by atoms with Crippen LogP contribution in [0.4, 0.5) is 5.69 Å². The highest BCUT2D eigenvalue weighted by Gasteiger charge is 2.17. The van der Waals surface area contributed by atoms with Gasteiger partial charge in [0.05, 0.1) is 16.4 Å². The van der Waals surface area contributed by atoms with Gasteiger partial charge in [-0.2, -0.15) is 5.10 Å². The predicted octanol–water partition coefficient (Wildman–Crippen LogP) is 4.29. The molecule has 3 aromatic rings. The number of anilines is 1. The Labute approximate surface area is 133 Å². The molecule has 0 saturated heterocycles. The second-order valence-corrected chi connectivity index (χ2v) is 5.28. The van der Waals surface area contributed by atoms with Crippen molar-refractivity contribution in [2.75, 3.05) is 5.32 Å². The molecule has 4 nitrogen and oxygen atoms in total. The minimum absolute atomic E-state index is 0.182. The number of H-pyrrole nitrogens is 1. The van der Waals surface area contributed by atoms with Crippen molar-refractivity contribution in [1.82, 2.24) is 10.2 Å². The molecule has 3 rings (SSSR count). The Morgan fingerprint density at radius 3 is 2.50 bits per heavy atom. The van der Waals surface area contributed by atoms with Gasteiger partial charge in [-0.25, -0.2) is 0 Å². The molecule has 0 fully saturated rings. The number of benzene rings is 2. The largest absolute Gasteiger partial charge is 0.319 e. The van der Waals surface area contributed by atoms with Gasteiger partial charge in [-0.3, -0.25) is 9.89 Å². The van der Waals surface area contributed by atoms with E-state index >= 15 is 0 Å². The highest BCUT2D eigenvalue weighted by atomic mass is 35.5. The van der Waals surface area contributed by atoms with Crippen LogP contribution < -0.4 is 5.32 Å². The van der Waals surface area contributed by atoms with E-state index in [2.05, 4.69) is 15.5 Å². The number of hydrogen-bond acceptors (Lipinski definition) is 2. The third-order valence-corrected chi connectivity index (χ3v) is 3.68. The first-order valence-electron chi connectivity index (χ1n) is 6.83. The lowest BCUT2D eigenvalue weighted by Gasteiger charge is -2.08. The Kier molecular flexibility index (Phi) is 3.94. The maximum Gasteiger partial charge on any atom is 0.255 e. The lowest BCUT2D eigenvalue weighted by Crippen LogP contribution is -2.12. The number of aromatic amines is 1. The van der Waals surface area contributed by atoms with Crippen LogP contribution in [0.5, 0.6) is 0 Å². The van der Waals surface area contributed by atoms with Gasteiger partial charge in [0.2, 0.25) is 0 Å². The summed E-state index contributed by atoms with van der Waals surface area (Å²) < 4.78 is 0. The van der Waals surface area contributed by atoms with E-state index in [0.29, 0.717) is 22.0 Å². The second kappa shape index (κ2) is 6.03. The minimum Gasteiger partial charge on any atom is -0.319 e. The summed E-state index contributed by atoms with van der Waals surface area (Å²) in [5.74, 6) is -0.182. The van der Waals surface area contributed by atoms with Crippen LogP contribution in [0, 0.1) is 6.92 Å². The number of nitrogens with zero attached hydrogens (tertiary/aromatic N) is 1. The van der Waals surface area contributed by atoms with Crippen molar-refractivity contribution in [3.05, 3.63) is 70.9 Å². The fourth-order valence-electron chi connectivity index (χ4n) is 2.21. The average molecular weight is 312 g/mol. The number of nitrogens with one attached hydrogen (secondary N) is 2. The van der Waals surface area contributed by atoms with Crippen LogP contribution in [-0.4, -0.2) is 16.1 Å². The predicted molar refractivity (Wildman–Crippen MR) is 88.2 cm³/mol. The monoisotopic (exact) mass is 311 g/mol. The fraction of sp³-hybridized carbons (Fsp3) is 0.0588. The summed E-state index contributed by atoms with van der Waals surface area (Å²) in [7, 11) is 0. The highest BCUT2D eigenvalue weighted by Crippen LogP contribution is 2.33. The molecule has 22 heavy (non-hydrogen) atoms. The Morgan fingerprint density at radius 1 is 1.09 bits per heavy atom. The number of aromatic nitrogens is 2. The summed E-state index contributed by atoms with van der Waals surface area (Å²) in [5.41, 5.74) is 3.42. The Balaban J connectivity index is 1.97. The molecule has 1 aromatic heterocycles. The quantitative estimate of drug-likeness (QED) is 0.758. The Hall–Kier alpha value is -2.59. The molecule has 2 aromatic carbocycles. The molecular formula is C17H14ClN3O. The van der Waals surface area contributed by atoms with Crippen LogP contribution in [0.15, 0.2) is 54.6 Å². The summed E-state index contributed by atoms with van der Waals surface area (Å²) in [6, 6.07) is 16.5. The molecule has 0 aliphatic carbocycles. The van der Waals surface area contributed by atoms with Gasteiger partial charge in [0.1, 0.15) is 5.69 Å². The standard InChI is InChI=1S/C17H14ClN3O/c1-11-15(19-17(22)12-7-3-2-4-8-12)16(21-20-11)13-9-5-6-10-14(13)18/h2-10H,1H3,(H,19,22)(H,20,21). The third kappa shape index (κ3) is 2.73. The molecule has 2 N–H and O–H groups in total. The van der Waals surface area contributed by atoms with E-state index in [4.69, 9.17) is 11.6 Å². The first-order valence-corrected chi connectivity index (χ1v) is 7.21. The van der Waals surface area contributed by atoms with Gasteiger partial charge in [0.25, 0.3) is 5.91 Å². The third-order valence-electron chi connectivity index (χ3n) is 3.35. The van der Waals surface area contributed by atoms with Crippen LogP contribution in [0.2, 0.25) is 5.02 Å². The van der Waals surface area contributed by atoms with Crippen LogP contribution >= 0.6 is 11.6 Å². The van der Waals surface area contributed by atoms with E-state index in [1.54, 1.807) is 18.2 Å². The van der Waals surface area contributed by atoms with Crippen molar-refractivity contribution in [1.29, 1.82) is 0 Å². The minimum atomic E-state index is -0.182. The van der Waals surface area contributed by atoms with Gasteiger partial charge in [0.15, 0.2) is 0 Å².